The third kappa shape index (κ3) is 3.32. The number of hydrogen-bond acceptors (Lipinski definition) is 4. The molecule has 0 aliphatic heterocycles. The second-order valence-corrected chi connectivity index (χ2v) is 4.48. The van der Waals surface area contributed by atoms with Gasteiger partial charge in [-0.2, -0.15) is 0 Å². The fraction of sp³-hybridized carbons (Fsp3) is 0.429. The molecule has 1 aromatic carbocycles. The van der Waals surface area contributed by atoms with Crippen LogP contribution < -0.4 is 5.32 Å². The molecule has 1 aromatic heterocycles. The van der Waals surface area contributed by atoms with Crippen LogP contribution in [0, 0.1) is 0 Å². The highest BCUT2D eigenvalue weighted by molar-refractivity contribution is 5.75. The highest BCUT2D eigenvalue weighted by Crippen LogP contribution is 2.11. The van der Waals surface area contributed by atoms with E-state index in [0.29, 0.717) is 0 Å². The molecule has 0 aliphatic carbocycles. The molecule has 0 saturated heterocycles. The van der Waals surface area contributed by atoms with Gasteiger partial charge >= 0.3 is 5.97 Å². The first kappa shape index (κ1) is 13.5. The average molecular weight is 261 g/mol. The lowest BCUT2D eigenvalue weighted by molar-refractivity contribution is -0.142. The molecule has 1 N–H and O–H groups in total. The maximum Gasteiger partial charge on any atom is 0.322 e. The number of ether oxygens (including phenoxy) is 1. The highest BCUT2D eigenvalue weighted by Gasteiger charge is 2.11. The first-order valence-corrected chi connectivity index (χ1v) is 6.43. The number of benzene rings is 1. The minimum absolute atomic E-state index is 0.229. The molecule has 0 aliphatic rings. The topological polar surface area (TPSA) is 56.1 Å². The number of fused-ring (bicyclic) bond motifs is 1. The van der Waals surface area contributed by atoms with Gasteiger partial charge in [-0.05, 0) is 32.0 Å². The molecule has 0 amide bonds. The molecule has 19 heavy (non-hydrogen) atoms. The van der Waals surface area contributed by atoms with E-state index in [0.717, 1.165) is 30.5 Å². The molecule has 0 bridgehead atoms. The molecule has 1 atom stereocenters. The zero-order valence-corrected chi connectivity index (χ0v) is 11.3. The SMILES string of the molecule is COC(=O)C(C)NCCCn1cnc2ccccc21. The first-order valence-electron chi connectivity index (χ1n) is 6.43. The lowest BCUT2D eigenvalue weighted by Gasteiger charge is -2.11. The standard InChI is InChI=1S/C14H19N3O2/c1-11(14(18)19-2)15-8-5-9-17-10-16-12-6-3-4-7-13(12)17/h3-4,6-7,10-11,15H,5,8-9H2,1-2H3. The maximum absolute atomic E-state index is 11.2. The maximum atomic E-state index is 11.2. The number of nitrogens with one attached hydrogen (secondary N) is 1. The van der Waals surface area contributed by atoms with E-state index in [1.54, 1.807) is 6.92 Å². The van der Waals surface area contributed by atoms with Crippen LogP contribution in [0.15, 0.2) is 30.6 Å². The van der Waals surface area contributed by atoms with Gasteiger partial charge in [0.15, 0.2) is 0 Å². The molecular formula is C14H19N3O2. The quantitative estimate of drug-likeness (QED) is 0.633. The summed E-state index contributed by atoms with van der Waals surface area (Å²) in [5.74, 6) is -0.229. The molecule has 102 valence electrons. The van der Waals surface area contributed by atoms with Gasteiger partial charge in [0, 0.05) is 6.54 Å². The summed E-state index contributed by atoms with van der Waals surface area (Å²) < 4.78 is 6.78. The van der Waals surface area contributed by atoms with Gasteiger partial charge in [0.2, 0.25) is 0 Å². The Labute approximate surface area is 112 Å². The van der Waals surface area contributed by atoms with E-state index in [9.17, 15) is 4.79 Å². The molecule has 5 heteroatoms. The van der Waals surface area contributed by atoms with Crippen LogP contribution in [0.4, 0.5) is 0 Å². The van der Waals surface area contributed by atoms with Gasteiger partial charge < -0.3 is 14.6 Å². The van der Waals surface area contributed by atoms with E-state index in [1.807, 2.05) is 24.5 Å². The van der Waals surface area contributed by atoms with Crippen LogP contribution in [0.3, 0.4) is 0 Å². The van der Waals surface area contributed by atoms with Crippen LogP contribution in [0.2, 0.25) is 0 Å². The van der Waals surface area contributed by atoms with Crippen molar-refractivity contribution in [3.05, 3.63) is 30.6 Å². The van der Waals surface area contributed by atoms with Gasteiger partial charge in [0.1, 0.15) is 6.04 Å². The van der Waals surface area contributed by atoms with Gasteiger partial charge in [-0.1, -0.05) is 12.1 Å². The highest BCUT2D eigenvalue weighted by atomic mass is 16.5. The number of aryl methyl sites for hydroxylation is 1. The van der Waals surface area contributed by atoms with Crippen molar-refractivity contribution in [2.45, 2.75) is 25.9 Å². The van der Waals surface area contributed by atoms with Crippen molar-refractivity contribution in [1.82, 2.24) is 14.9 Å². The molecule has 1 unspecified atom stereocenters. The summed E-state index contributed by atoms with van der Waals surface area (Å²) in [5, 5.41) is 3.14. The van der Waals surface area contributed by atoms with Crippen molar-refractivity contribution in [2.75, 3.05) is 13.7 Å². The Kier molecular flexibility index (Phi) is 4.52. The van der Waals surface area contributed by atoms with Crippen LogP contribution >= 0.6 is 0 Å². The lowest BCUT2D eigenvalue weighted by Crippen LogP contribution is -2.35. The number of nitrogens with zero attached hydrogens (tertiary/aromatic N) is 2. The van der Waals surface area contributed by atoms with E-state index in [2.05, 4.69) is 25.7 Å². The van der Waals surface area contributed by atoms with Crippen molar-refractivity contribution < 1.29 is 9.53 Å². The summed E-state index contributed by atoms with van der Waals surface area (Å²) in [4.78, 5) is 15.6. The molecule has 2 aromatic rings. The third-order valence-corrected chi connectivity index (χ3v) is 3.11. The zero-order valence-electron chi connectivity index (χ0n) is 11.3. The minimum Gasteiger partial charge on any atom is -0.468 e. The Morgan fingerprint density at radius 3 is 3.05 bits per heavy atom. The normalized spacial score (nSPS) is 12.5. The van der Waals surface area contributed by atoms with Crippen molar-refractivity contribution >= 4 is 17.0 Å². The van der Waals surface area contributed by atoms with E-state index in [1.165, 1.54) is 7.11 Å². The number of para-hydroxylation sites is 2. The Hall–Kier alpha value is -1.88. The third-order valence-electron chi connectivity index (χ3n) is 3.11. The molecule has 1 heterocycles. The minimum atomic E-state index is -0.260. The monoisotopic (exact) mass is 261 g/mol. The van der Waals surface area contributed by atoms with Crippen molar-refractivity contribution in [3.8, 4) is 0 Å². The number of esters is 1. The van der Waals surface area contributed by atoms with E-state index < -0.39 is 0 Å². The van der Waals surface area contributed by atoms with Gasteiger partial charge in [-0.25, -0.2) is 4.98 Å². The van der Waals surface area contributed by atoms with Gasteiger partial charge in [0.05, 0.1) is 24.5 Å². The van der Waals surface area contributed by atoms with E-state index >= 15 is 0 Å². The summed E-state index contributed by atoms with van der Waals surface area (Å²) in [6.45, 7) is 3.45. The predicted molar refractivity (Wildman–Crippen MR) is 73.8 cm³/mol. The van der Waals surface area contributed by atoms with Gasteiger partial charge in [0.25, 0.3) is 0 Å². The number of rotatable bonds is 6. The molecular weight excluding hydrogens is 242 g/mol. The number of aromatic nitrogens is 2. The molecule has 5 nitrogen and oxygen atoms in total. The first-order chi connectivity index (χ1) is 9.22. The Bertz CT molecular complexity index is 550. The molecule has 2 rings (SSSR count). The van der Waals surface area contributed by atoms with E-state index in [4.69, 9.17) is 0 Å². The molecule has 0 fully saturated rings. The van der Waals surface area contributed by atoms with Gasteiger partial charge in [-0.3, -0.25) is 4.79 Å². The summed E-state index contributed by atoms with van der Waals surface area (Å²) in [7, 11) is 1.40. The Morgan fingerprint density at radius 1 is 1.47 bits per heavy atom. The average Bonchev–Trinajstić information content (AvgIpc) is 2.86. The number of methoxy groups -OCH3 is 1. The molecule has 0 spiro atoms. The van der Waals surface area contributed by atoms with Crippen LogP contribution in [0.25, 0.3) is 11.0 Å². The largest absolute Gasteiger partial charge is 0.468 e. The fourth-order valence-corrected chi connectivity index (χ4v) is 2.02. The Morgan fingerprint density at radius 2 is 2.26 bits per heavy atom. The van der Waals surface area contributed by atoms with Crippen LogP contribution in [-0.2, 0) is 16.1 Å². The fourth-order valence-electron chi connectivity index (χ4n) is 2.02. The van der Waals surface area contributed by atoms with Crippen molar-refractivity contribution in [1.29, 1.82) is 0 Å². The number of carbonyl (C=O) groups excluding carboxylic acids is 1. The summed E-state index contributed by atoms with van der Waals surface area (Å²) >= 11 is 0. The number of hydrogen-bond donors (Lipinski definition) is 1. The molecule has 0 saturated carbocycles. The zero-order chi connectivity index (χ0) is 13.7. The van der Waals surface area contributed by atoms with Crippen LogP contribution in [0.5, 0.6) is 0 Å². The van der Waals surface area contributed by atoms with Crippen LogP contribution in [0.1, 0.15) is 13.3 Å². The predicted octanol–water partition coefficient (Wildman–Crippen LogP) is 1.58. The summed E-state index contributed by atoms with van der Waals surface area (Å²) in [5.41, 5.74) is 2.15. The second kappa shape index (κ2) is 6.33. The summed E-state index contributed by atoms with van der Waals surface area (Å²) in [6.07, 6.45) is 2.79. The lowest BCUT2D eigenvalue weighted by atomic mass is 10.3. The van der Waals surface area contributed by atoms with Crippen molar-refractivity contribution in [2.24, 2.45) is 0 Å². The van der Waals surface area contributed by atoms with Crippen molar-refractivity contribution in [3.63, 3.8) is 0 Å². The smallest absolute Gasteiger partial charge is 0.322 e. The van der Waals surface area contributed by atoms with Crippen LogP contribution in [-0.4, -0.2) is 35.2 Å². The second-order valence-electron chi connectivity index (χ2n) is 4.48. The Balaban J connectivity index is 1.82. The number of carbonyl (C=O) groups is 1. The van der Waals surface area contributed by atoms with Gasteiger partial charge in [-0.15, -0.1) is 0 Å². The molecule has 0 radical (unpaired) electrons. The summed E-state index contributed by atoms with van der Waals surface area (Å²) in [6, 6.07) is 7.80. The van der Waals surface area contributed by atoms with E-state index in [-0.39, 0.29) is 12.0 Å². The number of imidazole rings is 1.